The summed E-state index contributed by atoms with van der Waals surface area (Å²) in [6.07, 6.45) is 3.99. The monoisotopic (exact) mass is 536 g/mol. The Morgan fingerprint density at radius 1 is 1.24 bits per heavy atom. The maximum atomic E-state index is 13.7. The number of ether oxygens (including phenoxy) is 3. The Morgan fingerprint density at radius 3 is 2.87 bits per heavy atom. The molecule has 2 bridgehead atoms. The van der Waals surface area contributed by atoms with Gasteiger partial charge in [-0.15, -0.1) is 0 Å². The molecule has 2 atom stereocenters. The van der Waals surface area contributed by atoms with Crippen LogP contribution in [0.15, 0.2) is 42.7 Å². The molecule has 0 saturated carbocycles. The Labute approximate surface area is 225 Å². The highest BCUT2D eigenvalue weighted by atomic mass is 35.5. The molecule has 3 aromatic rings. The van der Waals surface area contributed by atoms with Crippen LogP contribution in [0, 0.1) is 6.92 Å². The number of hydrogen-bond acceptors (Lipinski definition) is 8. The minimum atomic E-state index is -0.619. The van der Waals surface area contributed by atoms with Crippen molar-refractivity contribution >= 4 is 34.8 Å². The molecular formula is C27H29ClN6O4. The number of urea groups is 1. The molecule has 10 nitrogen and oxygen atoms in total. The van der Waals surface area contributed by atoms with Gasteiger partial charge in [-0.25, -0.2) is 14.8 Å². The van der Waals surface area contributed by atoms with Gasteiger partial charge in [-0.05, 0) is 51.5 Å². The Balaban J connectivity index is 1.23. The number of amides is 2. The molecule has 0 spiro atoms. The van der Waals surface area contributed by atoms with E-state index in [4.69, 9.17) is 30.8 Å². The third-order valence-corrected chi connectivity index (χ3v) is 7.18. The van der Waals surface area contributed by atoms with Gasteiger partial charge in [0.1, 0.15) is 12.7 Å². The molecule has 198 valence electrons. The summed E-state index contributed by atoms with van der Waals surface area (Å²) >= 11 is 6.68. The lowest BCUT2D eigenvalue weighted by Gasteiger charge is -2.36. The average molecular weight is 537 g/mol. The molecule has 3 aromatic heterocycles. The number of pyridine rings is 3. The van der Waals surface area contributed by atoms with Gasteiger partial charge in [0, 0.05) is 48.5 Å². The number of aromatic nitrogens is 3. The fourth-order valence-electron chi connectivity index (χ4n) is 5.15. The zero-order chi connectivity index (χ0) is 26.4. The lowest BCUT2D eigenvalue weighted by Crippen LogP contribution is -2.48. The Morgan fingerprint density at radius 2 is 2.08 bits per heavy atom. The number of fused-ring (bicyclic) bond motifs is 4. The van der Waals surface area contributed by atoms with Crippen LogP contribution in [0.4, 0.5) is 22.0 Å². The molecule has 2 fully saturated rings. The molecule has 0 aromatic carbocycles. The van der Waals surface area contributed by atoms with E-state index in [1.54, 1.807) is 29.4 Å². The van der Waals surface area contributed by atoms with Gasteiger partial charge in [-0.2, -0.15) is 0 Å². The molecule has 2 amide bonds. The number of anilines is 3. The van der Waals surface area contributed by atoms with Crippen LogP contribution in [0.1, 0.15) is 26.0 Å². The van der Waals surface area contributed by atoms with E-state index in [1.165, 1.54) is 0 Å². The van der Waals surface area contributed by atoms with E-state index in [-0.39, 0.29) is 18.2 Å². The van der Waals surface area contributed by atoms with E-state index in [0.717, 1.165) is 36.5 Å². The number of carbonyl (C=O) groups excluding carboxylic acids is 1. The Bertz CT molecular complexity index is 1390. The number of hydrogen-bond donors (Lipinski definition) is 1. The summed E-state index contributed by atoms with van der Waals surface area (Å²) in [5.74, 6) is 0.366. The Kier molecular flexibility index (Phi) is 6.33. The maximum absolute atomic E-state index is 13.7. The summed E-state index contributed by atoms with van der Waals surface area (Å²) in [6, 6.07) is 8.88. The minimum Gasteiger partial charge on any atom is -0.475 e. The van der Waals surface area contributed by atoms with E-state index in [2.05, 4.69) is 20.2 Å². The smallest absolute Gasteiger partial charge is 0.327 e. The van der Waals surface area contributed by atoms with Crippen molar-refractivity contribution in [2.24, 2.45) is 0 Å². The van der Waals surface area contributed by atoms with Crippen molar-refractivity contribution in [3.8, 4) is 17.1 Å². The largest absolute Gasteiger partial charge is 0.475 e. The zero-order valence-electron chi connectivity index (χ0n) is 21.5. The predicted molar refractivity (Wildman–Crippen MR) is 144 cm³/mol. The second-order valence-electron chi connectivity index (χ2n) is 10.2. The summed E-state index contributed by atoms with van der Waals surface area (Å²) in [7, 11) is 0. The quantitative estimate of drug-likeness (QED) is 0.502. The minimum absolute atomic E-state index is 0.00336. The maximum Gasteiger partial charge on any atom is 0.327 e. The number of carbonyl (C=O) groups is 1. The van der Waals surface area contributed by atoms with Gasteiger partial charge < -0.3 is 24.4 Å². The molecule has 6 rings (SSSR count). The fraction of sp³-hybridized carbons (Fsp3) is 0.407. The molecule has 11 heteroatoms. The average Bonchev–Trinajstić information content (AvgIpc) is 3.46. The van der Waals surface area contributed by atoms with Gasteiger partial charge in [-0.3, -0.25) is 9.88 Å². The van der Waals surface area contributed by atoms with Crippen LogP contribution < -0.4 is 19.9 Å². The molecule has 0 aliphatic carbocycles. The number of aryl methyl sites for hydroxylation is 1. The topological polar surface area (TPSA) is 102 Å². The highest BCUT2D eigenvalue weighted by Gasteiger charge is 2.41. The lowest BCUT2D eigenvalue weighted by molar-refractivity contribution is -0.141. The van der Waals surface area contributed by atoms with E-state index in [9.17, 15) is 4.79 Å². The summed E-state index contributed by atoms with van der Waals surface area (Å²) in [5, 5.41) is 3.55. The van der Waals surface area contributed by atoms with Gasteiger partial charge in [0.15, 0.2) is 11.6 Å². The first-order chi connectivity index (χ1) is 18.3. The van der Waals surface area contributed by atoms with Crippen molar-refractivity contribution in [1.82, 2.24) is 15.0 Å². The van der Waals surface area contributed by atoms with Crippen molar-refractivity contribution in [3.63, 3.8) is 0 Å². The first-order valence-electron chi connectivity index (χ1n) is 12.6. The SMILES string of the molecule is Cc1cc(-c2nc3c(cc2Cl)N2CCC(C2)N3C(=O)Nc2ccnc(OC[C@@H]3COC(C)(C)O3)c2)ccn1. The highest BCUT2D eigenvalue weighted by molar-refractivity contribution is 6.33. The number of halogens is 1. The van der Waals surface area contributed by atoms with Crippen LogP contribution in [-0.2, 0) is 9.47 Å². The predicted octanol–water partition coefficient (Wildman–Crippen LogP) is 4.66. The Hall–Kier alpha value is -3.47. The van der Waals surface area contributed by atoms with Crippen molar-refractivity contribution in [3.05, 3.63) is 53.4 Å². The van der Waals surface area contributed by atoms with Crippen LogP contribution >= 0.6 is 11.6 Å². The fourth-order valence-corrected chi connectivity index (χ4v) is 5.41. The third-order valence-electron chi connectivity index (χ3n) is 6.89. The molecule has 38 heavy (non-hydrogen) atoms. The van der Waals surface area contributed by atoms with E-state index >= 15 is 0 Å². The zero-order valence-corrected chi connectivity index (χ0v) is 22.2. The van der Waals surface area contributed by atoms with Crippen LogP contribution in [0.25, 0.3) is 11.3 Å². The van der Waals surface area contributed by atoms with Crippen molar-refractivity contribution in [1.29, 1.82) is 0 Å². The summed E-state index contributed by atoms with van der Waals surface area (Å²) in [6.45, 7) is 7.98. The van der Waals surface area contributed by atoms with Crippen molar-refractivity contribution < 1.29 is 19.0 Å². The summed E-state index contributed by atoms with van der Waals surface area (Å²) < 4.78 is 17.2. The van der Waals surface area contributed by atoms with E-state index in [1.807, 2.05) is 39.0 Å². The van der Waals surface area contributed by atoms with Crippen LogP contribution in [0.3, 0.4) is 0 Å². The molecule has 1 unspecified atom stereocenters. The van der Waals surface area contributed by atoms with Crippen LogP contribution in [0.5, 0.6) is 5.88 Å². The van der Waals surface area contributed by atoms with Crippen molar-refractivity contribution in [2.75, 3.05) is 41.4 Å². The van der Waals surface area contributed by atoms with Gasteiger partial charge in [0.2, 0.25) is 5.88 Å². The van der Waals surface area contributed by atoms with Crippen molar-refractivity contribution in [2.45, 2.75) is 45.1 Å². The first kappa shape index (κ1) is 24.8. The second kappa shape index (κ2) is 9.68. The van der Waals surface area contributed by atoms with Gasteiger partial charge >= 0.3 is 6.03 Å². The second-order valence-corrected chi connectivity index (χ2v) is 10.6. The van der Waals surface area contributed by atoms with E-state index < -0.39 is 5.79 Å². The molecule has 2 saturated heterocycles. The van der Waals surface area contributed by atoms with Crippen LogP contribution in [0.2, 0.25) is 5.02 Å². The summed E-state index contributed by atoms with van der Waals surface area (Å²) in [4.78, 5) is 31.1. The highest BCUT2D eigenvalue weighted by Crippen LogP contribution is 2.43. The summed E-state index contributed by atoms with van der Waals surface area (Å²) in [5.41, 5.74) is 3.77. The molecule has 3 aliphatic heterocycles. The lowest BCUT2D eigenvalue weighted by atomic mass is 10.1. The van der Waals surface area contributed by atoms with Gasteiger partial charge in [0.05, 0.1) is 29.1 Å². The molecule has 6 heterocycles. The standard InChI is InChI=1S/C27H29ClN6O4/c1-16-10-17(4-7-29-16)24-21(28)12-22-25(32-24)34(19-6-9-33(22)13-19)26(35)31-18-5-8-30-23(11-18)36-14-20-15-37-27(2,3)38-20/h4-5,7-8,10-12,19-20H,6,9,13-15H2,1-3H3,(H,30,31,35)/t19?,20-/m1/s1. The molecule has 3 aliphatic rings. The third kappa shape index (κ3) is 4.87. The number of rotatable bonds is 5. The number of nitrogens with one attached hydrogen (secondary N) is 1. The van der Waals surface area contributed by atoms with Gasteiger partial charge in [0.25, 0.3) is 0 Å². The molecular weight excluding hydrogens is 508 g/mol. The van der Waals surface area contributed by atoms with E-state index in [0.29, 0.717) is 41.3 Å². The van der Waals surface area contributed by atoms with Gasteiger partial charge in [-0.1, -0.05) is 11.6 Å². The number of nitrogens with zero attached hydrogens (tertiary/aromatic N) is 5. The normalized spacial score (nSPS) is 21.4. The molecule has 1 N–H and O–H groups in total. The molecule has 0 radical (unpaired) electrons. The first-order valence-corrected chi connectivity index (χ1v) is 13.0. The van der Waals surface area contributed by atoms with Crippen LogP contribution in [-0.4, -0.2) is 65.2 Å².